The van der Waals surface area contributed by atoms with E-state index in [1.807, 2.05) is 25.5 Å². The Balaban J connectivity index is 2.03. The second kappa shape index (κ2) is 5.66. The van der Waals surface area contributed by atoms with E-state index in [1.54, 1.807) is 6.07 Å². The molecule has 2 heterocycles. The molecule has 0 aliphatic carbocycles. The van der Waals surface area contributed by atoms with Gasteiger partial charge in [-0.1, -0.05) is 0 Å². The van der Waals surface area contributed by atoms with Crippen LogP contribution in [0.5, 0.6) is 0 Å². The lowest BCUT2D eigenvalue weighted by atomic mass is 9.96. The minimum Gasteiger partial charge on any atom is -0.316 e. The average Bonchev–Trinajstić information content (AvgIpc) is 2.93. The zero-order valence-electron chi connectivity index (χ0n) is 11.4. The molecule has 1 aromatic heterocycles. The van der Waals surface area contributed by atoms with Crippen molar-refractivity contribution in [1.82, 2.24) is 14.9 Å². The van der Waals surface area contributed by atoms with Crippen molar-refractivity contribution < 1.29 is 4.39 Å². The molecule has 3 nitrogen and oxygen atoms in total. The van der Waals surface area contributed by atoms with Crippen LogP contribution >= 0.6 is 15.9 Å². The first-order valence-corrected chi connectivity index (χ1v) is 7.65. The maximum Gasteiger partial charge on any atom is 0.137 e. The number of hydrogen-bond donors (Lipinski definition) is 1. The van der Waals surface area contributed by atoms with Crippen LogP contribution in [0.15, 0.2) is 29.1 Å². The van der Waals surface area contributed by atoms with Crippen molar-refractivity contribution in [2.24, 2.45) is 0 Å². The molecule has 0 amide bonds. The predicted molar refractivity (Wildman–Crippen MR) is 80.8 cm³/mol. The van der Waals surface area contributed by atoms with Crippen LogP contribution in [0.4, 0.5) is 4.39 Å². The minimum atomic E-state index is -0.229. The number of nitrogens with one attached hydrogen (secondary N) is 1. The van der Waals surface area contributed by atoms with Gasteiger partial charge in [-0.3, -0.25) is 0 Å². The molecule has 20 heavy (non-hydrogen) atoms. The lowest BCUT2D eigenvalue weighted by Gasteiger charge is -2.24. The number of nitrogens with zero attached hydrogens (tertiary/aromatic N) is 2. The molecule has 5 heteroatoms. The van der Waals surface area contributed by atoms with E-state index < -0.39 is 0 Å². The SMILES string of the molecule is Cc1cc(F)c(Br)cc1-n1cncc1C1CCCNC1. The standard InChI is InChI=1S/C15H17BrFN3/c1-10-5-13(17)12(16)6-14(10)20-9-19-8-15(20)11-3-2-4-18-7-11/h5-6,8-9,11,18H,2-4,7H2,1H3. The highest BCUT2D eigenvalue weighted by Crippen LogP contribution is 2.29. The topological polar surface area (TPSA) is 29.9 Å². The molecule has 1 N–H and O–H groups in total. The van der Waals surface area contributed by atoms with Crippen LogP contribution in [0, 0.1) is 12.7 Å². The molecular weight excluding hydrogens is 321 g/mol. The van der Waals surface area contributed by atoms with Crippen molar-refractivity contribution in [2.75, 3.05) is 13.1 Å². The molecule has 1 atom stereocenters. The quantitative estimate of drug-likeness (QED) is 0.908. The van der Waals surface area contributed by atoms with E-state index in [9.17, 15) is 4.39 Å². The molecule has 1 saturated heterocycles. The second-order valence-corrected chi connectivity index (χ2v) is 6.14. The summed E-state index contributed by atoms with van der Waals surface area (Å²) in [6.07, 6.45) is 6.09. The van der Waals surface area contributed by atoms with Crippen LogP contribution in [0.25, 0.3) is 5.69 Å². The highest BCUT2D eigenvalue weighted by atomic mass is 79.9. The Morgan fingerprint density at radius 1 is 1.45 bits per heavy atom. The first-order valence-electron chi connectivity index (χ1n) is 6.86. The predicted octanol–water partition coefficient (Wildman–Crippen LogP) is 3.55. The second-order valence-electron chi connectivity index (χ2n) is 5.28. The van der Waals surface area contributed by atoms with Crippen LogP contribution in [-0.2, 0) is 0 Å². The third-order valence-electron chi connectivity index (χ3n) is 3.88. The van der Waals surface area contributed by atoms with Crippen LogP contribution in [0.3, 0.4) is 0 Å². The fourth-order valence-electron chi connectivity index (χ4n) is 2.81. The summed E-state index contributed by atoms with van der Waals surface area (Å²) in [6.45, 7) is 3.99. The largest absolute Gasteiger partial charge is 0.316 e. The number of benzene rings is 1. The Hall–Kier alpha value is -1.20. The summed E-state index contributed by atoms with van der Waals surface area (Å²) >= 11 is 3.27. The van der Waals surface area contributed by atoms with Crippen molar-refractivity contribution in [3.63, 3.8) is 0 Å². The van der Waals surface area contributed by atoms with Gasteiger partial charge in [0.25, 0.3) is 0 Å². The highest BCUT2D eigenvalue weighted by Gasteiger charge is 2.20. The molecule has 1 aromatic carbocycles. The Labute approximate surface area is 126 Å². The van der Waals surface area contributed by atoms with Crippen molar-refractivity contribution >= 4 is 15.9 Å². The van der Waals surface area contributed by atoms with Gasteiger partial charge >= 0.3 is 0 Å². The summed E-state index contributed by atoms with van der Waals surface area (Å²) in [6, 6.07) is 3.38. The third-order valence-corrected chi connectivity index (χ3v) is 4.49. The third kappa shape index (κ3) is 2.52. The maximum absolute atomic E-state index is 13.6. The zero-order chi connectivity index (χ0) is 14.1. The van der Waals surface area contributed by atoms with Gasteiger partial charge in [-0.05, 0) is 59.9 Å². The monoisotopic (exact) mass is 337 g/mol. The number of aromatic nitrogens is 2. The number of aryl methyl sites for hydroxylation is 1. The number of hydrogen-bond acceptors (Lipinski definition) is 2. The molecule has 0 bridgehead atoms. The van der Waals surface area contributed by atoms with Crippen LogP contribution < -0.4 is 5.32 Å². The molecule has 0 saturated carbocycles. The molecule has 0 spiro atoms. The number of halogens is 2. The molecule has 106 valence electrons. The molecule has 1 unspecified atom stereocenters. The van der Waals surface area contributed by atoms with E-state index in [0.717, 1.165) is 24.3 Å². The Kier molecular flexibility index (Phi) is 3.89. The smallest absolute Gasteiger partial charge is 0.137 e. The van der Waals surface area contributed by atoms with Crippen molar-refractivity contribution in [1.29, 1.82) is 0 Å². The molecular formula is C15H17BrFN3. The van der Waals surface area contributed by atoms with Gasteiger partial charge in [0.1, 0.15) is 5.82 Å². The van der Waals surface area contributed by atoms with Crippen LogP contribution in [0.1, 0.15) is 30.0 Å². The van der Waals surface area contributed by atoms with Gasteiger partial charge in [-0.2, -0.15) is 0 Å². The number of rotatable bonds is 2. The summed E-state index contributed by atoms with van der Waals surface area (Å²) in [7, 11) is 0. The summed E-state index contributed by atoms with van der Waals surface area (Å²) in [4.78, 5) is 4.29. The van der Waals surface area contributed by atoms with Gasteiger partial charge < -0.3 is 9.88 Å². The number of piperidine rings is 1. The van der Waals surface area contributed by atoms with Gasteiger partial charge in [0, 0.05) is 24.4 Å². The Morgan fingerprint density at radius 2 is 2.30 bits per heavy atom. The minimum absolute atomic E-state index is 0.229. The van der Waals surface area contributed by atoms with E-state index >= 15 is 0 Å². The fourth-order valence-corrected chi connectivity index (χ4v) is 3.14. The van der Waals surface area contributed by atoms with Gasteiger partial charge in [0.2, 0.25) is 0 Å². The lowest BCUT2D eigenvalue weighted by molar-refractivity contribution is 0.451. The fraction of sp³-hybridized carbons (Fsp3) is 0.400. The Bertz CT molecular complexity index is 618. The van der Waals surface area contributed by atoms with E-state index in [2.05, 4.69) is 30.8 Å². The van der Waals surface area contributed by atoms with E-state index in [4.69, 9.17) is 0 Å². The van der Waals surface area contributed by atoms with Crippen molar-refractivity contribution in [3.8, 4) is 5.69 Å². The number of imidazole rings is 1. The molecule has 0 radical (unpaired) electrons. The van der Waals surface area contributed by atoms with Crippen LogP contribution in [-0.4, -0.2) is 22.6 Å². The maximum atomic E-state index is 13.6. The van der Waals surface area contributed by atoms with Gasteiger partial charge in [-0.25, -0.2) is 9.37 Å². The van der Waals surface area contributed by atoms with Gasteiger partial charge in [-0.15, -0.1) is 0 Å². The zero-order valence-corrected chi connectivity index (χ0v) is 13.0. The summed E-state index contributed by atoms with van der Waals surface area (Å²) in [5.74, 6) is 0.238. The first-order chi connectivity index (χ1) is 9.66. The first kappa shape index (κ1) is 13.8. The van der Waals surface area contributed by atoms with Crippen LogP contribution in [0.2, 0.25) is 0 Å². The Morgan fingerprint density at radius 3 is 3.05 bits per heavy atom. The van der Waals surface area contributed by atoms with Crippen molar-refractivity contribution in [3.05, 3.63) is 46.2 Å². The summed E-state index contributed by atoms with van der Waals surface area (Å²) in [5.41, 5.74) is 3.09. The molecule has 1 fully saturated rings. The highest BCUT2D eigenvalue weighted by molar-refractivity contribution is 9.10. The summed E-state index contributed by atoms with van der Waals surface area (Å²) in [5, 5.41) is 3.43. The van der Waals surface area contributed by atoms with Gasteiger partial charge in [0.05, 0.1) is 16.5 Å². The molecule has 1 aliphatic rings. The molecule has 1 aliphatic heterocycles. The lowest BCUT2D eigenvalue weighted by Crippen LogP contribution is -2.29. The van der Waals surface area contributed by atoms with Crippen molar-refractivity contribution in [2.45, 2.75) is 25.7 Å². The normalized spacial score (nSPS) is 19.2. The van der Waals surface area contributed by atoms with Gasteiger partial charge in [0.15, 0.2) is 0 Å². The molecule has 3 rings (SSSR count). The van der Waals surface area contributed by atoms with E-state index in [1.165, 1.54) is 18.5 Å². The van der Waals surface area contributed by atoms with E-state index in [0.29, 0.717) is 10.4 Å². The molecule has 2 aromatic rings. The average molecular weight is 338 g/mol. The van der Waals surface area contributed by atoms with E-state index in [-0.39, 0.29) is 5.82 Å². The summed E-state index contributed by atoms with van der Waals surface area (Å²) < 4.78 is 16.1.